The fourth-order valence-electron chi connectivity index (χ4n) is 17.6. The normalized spacial score (nSPS) is 15.9. The lowest BCUT2D eigenvalue weighted by Crippen LogP contribution is -2.61. The summed E-state index contributed by atoms with van der Waals surface area (Å²) in [5, 5.41) is 0.900. The zero-order valence-electron chi connectivity index (χ0n) is 92.8. The van der Waals surface area contributed by atoms with Crippen molar-refractivity contribution in [1.29, 1.82) is 0 Å². The molecule has 22 rings (SSSR count). The molecule has 0 fully saturated rings. The van der Waals surface area contributed by atoms with Crippen molar-refractivity contribution in [3.8, 4) is 84.6 Å². The molecule has 0 saturated heterocycles. The zero-order chi connectivity index (χ0) is 104. The molecule has 0 amide bonds. The number of hydrogen-bond acceptors (Lipinski definition) is 5. The van der Waals surface area contributed by atoms with E-state index >= 15 is 0 Å². The van der Waals surface area contributed by atoms with E-state index in [0.29, 0.717) is 67.0 Å². The number of nitrogens with zero attached hydrogens (tertiary/aromatic N) is 8. The number of aromatic nitrogens is 6. The van der Waals surface area contributed by atoms with Gasteiger partial charge in [0.2, 0.25) is 0 Å². The molecule has 120 heavy (non-hydrogen) atoms. The maximum atomic E-state index is 10.4. The molecule has 0 radical (unpaired) electrons. The Bertz CT molecular complexity index is 8850. The SMILES string of the molecule is [2H]c1c([2H])c([2H])c(-c2nc(-c3cc(C(C)(C)C)cc(-c4ccccc4)c3N3c4cc(-n5c6ccc(C(C)(C)C)cc6c6cc(C(C)(C)C)ccc65)ccc4B4c5ccc(-n6c7c([2H])c([2H])c([2H])c([2H])c7c7c([2H])c([2H])c([2H])c([2H])c76)cc5N(c5ccc(-c6ccccc6)cc5-c5ccccc5)c5cc(-n6c7c([2H])c([2H])c([2H])c([2H])c7c7c([2H])c([2H])c([2H])c([2H])c76)cc3c54)nc(-c3c([2H])c([2H])c([2H])c([2H])c3[2H])n2)c([2H])c1[2H]. The predicted molar refractivity (Wildman–Crippen MR) is 506 cm³/mol. The van der Waals surface area contributed by atoms with Crippen molar-refractivity contribution < 1.29 is 35.6 Å². The summed E-state index contributed by atoms with van der Waals surface area (Å²) in [7, 11) is 0. The largest absolute Gasteiger partial charge is 0.311 e. The van der Waals surface area contributed by atoms with Crippen LogP contribution in [-0.4, -0.2) is 35.4 Å². The van der Waals surface area contributed by atoms with Gasteiger partial charge in [-0.25, -0.2) is 15.0 Å². The topological polar surface area (TPSA) is 59.9 Å². The number of fused-ring (bicyclic) bond motifs is 13. The summed E-state index contributed by atoms with van der Waals surface area (Å²) in [5.74, 6) is -1.52. The molecule has 9 heteroatoms. The third-order valence-electron chi connectivity index (χ3n) is 23.4. The zero-order valence-corrected chi connectivity index (χ0v) is 66.8. The fourth-order valence-corrected chi connectivity index (χ4v) is 17.6. The van der Waals surface area contributed by atoms with Crippen LogP contribution in [0.3, 0.4) is 0 Å². The summed E-state index contributed by atoms with van der Waals surface area (Å²) in [6, 6.07) is 48.2. The van der Waals surface area contributed by atoms with Gasteiger partial charge in [0, 0.05) is 94.3 Å². The molecule has 2 aliphatic rings. The van der Waals surface area contributed by atoms with Gasteiger partial charge in [-0.15, -0.1) is 0 Å². The summed E-state index contributed by atoms with van der Waals surface area (Å²) in [5.41, 5.74) is 8.46. The first-order chi connectivity index (χ1) is 69.2. The minimum Gasteiger partial charge on any atom is -0.311 e. The lowest BCUT2D eigenvalue weighted by Gasteiger charge is -2.46. The minimum atomic E-state index is -1.10. The number of rotatable bonds is 11. The van der Waals surface area contributed by atoms with Crippen LogP contribution >= 0.6 is 0 Å². The van der Waals surface area contributed by atoms with Crippen LogP contribution in [0.15, 0.2) is 363 Å². The van der Waals surface area contributed by atoms with E-state index < -0.39 is 192 Å². The second kappa shape index (κ2) is 27.6. The first-order valence-electron chi connectivity index (χ1n) is 52.8. The second-order valence-electron chi connectivity index (χ2n) is 33.7. The molecular formula is C111H87BN8. The quantitative estimate of drug-likeness (QED) is 0.121. The van der Waals surface area contributed by atoms with Gasteiger partial charge in [0.25, 0.3) is 6.71 Å². The van der Waals surface area contributed by atoms with Crippen LogP contribution in [0.2, 0.25) is 0 Å². The molecule has 2 aliphatic heterocycles. The van der Waals surface area contributed by atoms with Crippen molar-refractivity contribution in [1.82, 2.24) is 28.7 Å². The maximum Gasteiger partial charge on any atom is 0.252 e. The van der Waals surface area contributed by atoms with Crippen LogP contribution in [0.1, 0.15) is 115 Å². The molecule has 8 nitrogen and oxygen atoms in total. The molecule has 0 aliphatic carbocycles. The van der Waals surface area contributed by atoms with Crippen molar-refractivity contribution in [2.24, 2.45) is 0 Å². The van der Waals surface area contributed by atoms with E-state index in [0.717, 1.165) is 44.1 Å². The molecule has 0 saturated carbocycles. The summed E-state index contributed by atoms with van der Waals surface area (Å²) in [6.45, 7) is 17.8. The molecule has 0 unspecified atom stereocenters. The second-order valence-corrected chi connectivity index (χ2v) is 33.7. The maximum absolute atomic E-state index is 10.4. The van der Waals surface area contributed by atoms with E-state index in [9.17, 15) is 32.9 Å². The van der Waals surface area contributed by atoms with E-state index in [2.05, 4.69) is 82.5 Å². The van der Waals surface area contributed by atoms with E-state index in [1.54, 1.807) is 24.3 Å². The van der Waals surface area contributed by atoms with Gasteiger partial charge in [0.1, 0.15) is 0 Å². The molecule has 20 aromatic rings. The summed E-state index contributed by atoms with van der Waals surface area (Å²) in [6.07, 6.45) is 0. The molecular weight excluding hydrogens is 1460 g/mol. The van der Waals surface area contributed by atoms with Gasteiger partial charge < -0.3 is 23.5 Å². The number of hydrogen-bond donors (Lipinski definition) is 0. The highest BCUT2D eigenvalue weighted by Crippen LogP contribution is 2.55. The van der Waals surface area contributed by atoms with Crippen molar-refractivity contribution in [3.05, 3.63) is 380 Å². The van der Waals surface area contributed by atoms with E-state index in [4.69, 9.17) is 17.7 Å². The molecule has 6 heterocycles. The molecule has 0 N–H and O–H groups in total. The van der Waals surface area contributed by atoms with Gasteiger partial charge in [-0.1, -0.05) is 317 Å². The standard InChI is InChI=1S/C111H87BN8/c1-109(2,3)76-52-59-98-88(62-76)89-63-77(110(4,5)6)53-60-99(89)117(98)80-55-57-92-101(67-80)120(105-87(72-37-19-12-20-38-72)64-78(111(7,8)9)65-90(105)108-114-106(73-39-21-13-22-40-73)113-107(115-108)74-41-23-14-24-42-74)103-69-81(118-95-49-31-27-45-84(95)85-46-28-32-50-96(85)118)68-102-104(103)112(92)91-56-54-79(116-93-47-29-25-43-82(93)83-44-26-30-48-94(83)116)66-100(91)119(102)97-58-51-75(70-33-15-10-16-34-70)61-86(97)71-35-17-11-18-36-71/h10-69H,1-9H3/i13D,14D,21D,22D,23D,24D,25D,26D,27D,28D,29D,30D,31D,32D,39D,40D,41D,42D,43D,44D,45D,46D,47D,48D,49D,50D. The molecule has 0 bridgehead atoms. The van der Waals surface area contributed by atoms with Crippen LogP contribution in [-0.2, 0) is 16.2 Å². The Balaban J connectivity index is 0.999. The van der Waals surface area contributed by atoms with Crippen molar-refractivity contribution in [2.45, 2.75) is 78.6 Å². The third kappa shape index (κ3) is 11.8. The minimum absolute atomic E-state index is 0.00809. The number of anilines is 6. The molecule has 4 aromatic heterocycles. The Kier molecular flexibility index (Phi) is 11.4. The first-order valence-corrected chi connectivity index (χ1v) is 39.8. The van der Waals surface area contributed by atoms with E-state index in [1.807, 2.05) is 176 Å². The van der Waals surface area contributed by atoms with Gasteiger partial charge in [0.05, 0.1) is 85.8 Å². The highest BCUT2D eigenvalue weighted by Gasteiger charge is 2.46. The molecule has 0 spiro atoms. The fraction of sp³-hybridized carbons (Fsp3) is 0.108. The molecule has 16 aromatic carbocycles. The number of benzene rings is 16. The van der Waals surface area contributed by atoms with Crippen LogP contribution in [0.4, 0.5) is 34.1 Å². The third-order valence-corrected chi connectivity index (χ3v) is 23.4. The Morgan fingerprint density at radius 2 is 0.650 bits per heavy atom. The van der Waals surface area contributed by atoms with Crippen LogP contribution in [0, 0.1) is 0 Å². The Morgan fingerprint density at radius 1 is 0.258 bits per heavy atom. The van der Waals surface area contributed by atoms with Crippen molar-refractivity contribution >= 4 is 123 Å². The van der Waals surface area contributed by atoms with E-state index in [-0.39, 0.29) is 94.3 Å². The Hall–Kier alpha value is -14.4. The van der Waals surface area contributed by atoms with Gasteiger partial charge in [-0.05, 0) is 181 Å². The summed E-state index contributed by atoms with van der Waals surface area (Å²) in [4.78, 5) is 19.6. The first kappa shape index (κ1) is 49.6. The Labute approximate surface area is 736 Å². The van der Waals surface area contributed by atoms with Gasteiger partial charge in [0.15, 0.2) is 17.5 Å². The highest BCUT2D eigenvalue weighted by atomic mass is 15.2. The van der Waals surface area contributed by atoms with Crippen molar-refractivity contribution in [3.63, 3.8) is 0 Å². The van der Waals surface area contributed by atoms with Crippen LogP contribution < -0.4 is 26.2 Å². The molecule has 0 atom stereocenters. The average Bonchev–Trinajstić information content (AvgIpc) is 1.36. The van der Waals surface area contributed by atoms with E-state index in [1.165, 1.54) is 9.13 Å². The Morgan fingerprint density at radius 3 is 1.12 bits per heavy atom. The smallest absolute Gasteiger partial charge is 0.252 e. The summed E-state index contributed by atoms with van der Waals surface area (Å²) < 4.78 is 255. The lowest BCUT2D eigenvalue weighted by atomic mass is 9.33. The lowest BCUT2D eigenvalue weighted by molar-refractivity contribution is 0.590. The average molecular weight is 1570 g/mol. The van der Waals surface area contributed by atoms with Crippen LogP contribution in [0.5, 0.6) is 0 Å². The number of para-hydroxylation sites is 4. The van der Waals surface area contributed by atoms with Gasteiger partial charge in [-0.2, -0.15) is 0 Å². The van der Waals surface area contributed by atoms with Gasteiger partial charge in [-0.3, -0.25) is 0 Å². The van der Waals surface area contributed by atoms with Gasteiger partial charge >= 0.3 is 0 Å². The predicted octanol–water partition coefficient (Wildman–Crippen LogP) is 27.1. The highest BCUT2D eigenvalue weighted by molar-refractivity contribution is 7.00. The molecule has 574 valence electrons. The van der Waals surface area contributed by atoms with Crippen molar-refractivity contribution in [2.75, 3.05) is 9.80 Å². The summed E-state index contributed by atoms with van der Waals surface area (Å²) >= 11 is 0. The monoisotopic (exact) mass is 1570 g/mol. The van der Waals surface area contributed by atoms with Crippen LogP contribution in [0.25, 0.3) is 150 Å².